The largest absolute Gasteiger partial charge is 0.486 e. The number of allylic oxidation sites excluding steroid dienone is 2. The molecule has 0 unspecified atom stereocenters. The van der Waals surface area contributed by atoms with Crippen LogP contribution >= 0.6 is 24.0 Å². The van der Waals surface area contributed by atoms with Gasteiger partial charge in [-0.05, 0) is 52.6 Å². The van der Waals surface area contributed by atoms with E-state index in [1.165, 1.54) is 31.0 Å². The first-order chi connectivity index (χ1) is 14.1. The Morgan fingerprint density at radius 2 is 2.07 bits per heavy atom. The second-order valence-electron chi connectivity index (χ2n) is 6.59. The van der Waals surface area contributed by atoms with E-state index >= 15 is 0 Å². The molecule has 1 saturated heterocycles. The quantitative estimate of drug-likeness (QED) is 0.333. The molecule has 1 aliphatic rings. The van der Waals surface area contributed by atoms with Crippen LogP contribution in [0.25, 0.3) is 6.08 Å². The monoisotopic (exact) mass is 429 g/mol. The Morgan fingerprint density at radius 3 is 2.72 bits per heavy atom. The van der Waals surface area contributed by atoms with Crippen LogP contribution < -0.4 is 10.1 Å². The molecule has 0 radical (unpaired) electrons. The number of tetrazole rings is 1. The van der Waals surface area contributed by atoms with Gasteiger partial charge in [-0.15, -0.1) is 5.10 Å². The zero-order valence-corrected chi connectivity index (χ0v) is 17.8. The van der Waals surface area contributed by atoms with Crippen LogP contribution in [-0.2, 0) is 11.4 Å². The van der Waals surface area contributed by atoms with Gasteiger partial charge in [-0.3, -0.25) is 4.79 Å². The number of thiocarbonyl (C=S) groups is 1. The number of aromatic amines is 1. The van der Waals surface area contributed by atoms with Crippen molar-refractivity contribution in [3.05, 3.63) is 52.2 Å². The van der Waals surface area contributed by atoms with Crippen LogP contribution in [-0.4, -0.2) is 30.9 Å². The summed E-state index contributed by atoms with van der Waals surface area (Å²) in [6.07, 6.45) is 9.66. The topological polar surface area (TPSA) is 92.8 Å². The van der Waals surface area contributed by atoms with Crippen molar-refractivity contribution < 1.29 is 9.53 Å². The van der Waals surface area contributed by atoms with E-state index in [4.69, 9.17) is 17.0 Å². The van der Waals surface area contributed by atoms with Gasteiger partial charge in [-0.2, -0.15) is 0 Å². The molecule has 3 rings (SSSR count). The number of nitrogens with zero attached hydrogens (tertiary/aromatic N) is 3. The summed E-state index contributed by atoms with van der Waals surface area (Å²) in [7, 11) is 0. The minimum Gasteiger partial charge on any atom is -0.486 e. The Balaban J connectivity index is 1.69. The van der Waals surface area contributed by atoms with Crippen LogP contribution in [0.1, 0.15) is 50.4 Å². The van der Waals surface area contributed by atoms with Gasteiger partial charge in [0.15, 0.2) is 5.82 Å². The number of nitrogens with one attached hydrogen (secondary N) is 2. The third-order valence-electron chi connectivity index (χ3n) is 4.27. The molecule has 0 bridgehead atoms. The molecule has 2 heterocycles. The van der Waals surface area contributed by atoms with Gasteiger partial charge < -0.3 is 10.1 Å². The smallest absolute Gasteiger partial charge is 0.263 e. The van der Waals surface area contributed by atoms with Crippen molar-refractivity contribution in [3.8, 4) is 5.75 Å². The first kappa shape index (κ1) is 21.2. The number of ether oxygens (including phenoxy) is 1. The standard InChI is InChI=1S/C20H23N5O2S2/c1-2-3-4-5-6-15(12-17-19(26)21-20(28)29-17)11-14-7-9-16(10-8-14)27-13-18-22-24-25-23-18/h7-12H,2-6,13H2,1H3,(H,21,26,28)(H,22,23,24,25). The molecular weight excluding hydrogens is 406 g/mol. The number of hydrogen-bond donors (Lipinski definition) is 2. The van der Waals surface area contributed by atoms with Gasteiger partial charge in [-0.1, -0.05) is 68.4 Å². The van der Waals surface area contributed by atoms with Crippen LogP contribution in [0, 0.1) is 0 Å². The van der Waals surface area contributed by atoms with Crippen molar-refractivity contribution >= 4 is 40.3 Å². The number of benzene rings is 1. The lowest BCUT2D eigenvalue weighted by atomic mass is 10.0. The number of rotatable bonds is 10. The summed E-state index contributed by atoms with van der Waals surface area (Å²) >= 11 is 6.40. The molecule has 1 aromatic heterocycles. The predicted octanol–water partition coefficient (Wildman–Crippen LogP) is 4.16. The van der Waals surface area contributed by atoms with Crippen LogP contribution in [0.5, 0.6) is 5.75 Å². The van der Waals surface area contributed by atoms with Crippen LogP contribution in [0.4, 0.5) is 0 Å². The zero-order valence-electron chi connectivity index (χ0n) is 16.2. The molecule has 0 atom stereocenters. The van der Waals surface area contributed by atoms with E-state index in [1.807, 2.05) is 30.3 Å². The molecule has 0 aliphatic carbocycles. The Kier molecular flexibility index (Phi) is 7.94. The number of aromatic nitrogens is 4. The van der Waals surface area contributed by atoms with Crippen molar-refractivity contribution in [1.29, 1.82) is 0 Å². The highest BCUT2D eigenvalue weighted by Crippen LogP contribution is 2.27. The van der Waals surface area contributed by atoms with Crippen LogP contribution in [0.3, 0.4) is 0 Å². The number of carbonyl (C=O) groups excluding carboxylic acids is 1. The van der Waals surface area contributed by atoms with Crippen molar-refractivity contribution in [2.24, 2.45) is 0 Å². The van der Waals surface area contributed by atoms with E-state index in [0.717, 1.165) is 29.7 Å². The summed E-state index contributed by atoms with van der Waals surface area (Å²) in [5.41, 5.74) is 2.16. The molecule has 0 spiro atoms. The predicted molar refractivity (Wildman–Crippen MR) is 118 cm³/mol. The Morgan fingerprint density at radius 1 is 1.24 bits per heavy atom. The van der Waals surface area contributed by atoms with Gasteiger partial charge in [0.1, 0.15) is 16.7 Å². The first-order valence-electron chi connectivity index (χ1n) is 9.55. The van der Waals surface area contributed by atoms with Crippen molar-refractivity contribution in [3.63, 3.8) is 0 Å². The highest BCUT2D eigenvalue weighted by Gasteiger charge is 2.22. The Hall–Kier alpha value is -2.52. The fourth-order valence-electron chi connectivity index (χ4n) is 2.80. The molecule has 29 heavy (non-hydrogen) atoms. The number of H-pyrrole nitrogens is 1. The van der Waals surface area contributed by atoms with Gasteiger partial charge >= 0.3 is 0 Å². The van der Waals surface area contributed by atoms with Crippen molar-refractivity contribution in [2.45, 2.75) is 45.6 Å². The van der Waals surface area contributed by atoms with Crippen molar-refractivity contribution in [1.82, 2.24) is 25.9 Å². The van der Waals surface area contributed by atoms with Gasteiger partial charge in [0.05, 0.1) is 4.91 Å². The highest BCUT2D eigenvalue weighted by molar-refractivity contribution is 8.26. The first-order valence-corrected chi connectivity index (χ1v) is 10.8. The number of hydrogen-bond acceptors (Lipinski definition) is 7. The minimum atomic E-state index is -0.120. The van der Waals surface area contributed by atoms with Crippen molar-refractivity contribution in [2.75, 3.05) is 0 Å². The van der Waals surface area contributed by atoms with E-state index < -0.39 is 0 Å². The van der Waals surface area contributed by atoms with E-state index in [0.29, 0.717) is 15.1 Å². The minimum absolute atomic E-state index is 0.120. The molecule has 7 nitrogen and oxygen atoms in total. The molecule has 1 aromatic carbocycles. The summed E-state index contributed by atoms with van der Waals surface area (Å²) in [6, 6.07) is 7.79. The lowest BCUT2D eigenvalue weighted by Gasteiger charge is -2.06. The second kappa shape index (κ2) is 10.9. The lowest BCUT2D eigenvalue weighted by molar-refractivity contribution is -0.115. The van der Waals surface area contributed by atoms with Gasteiger partial charge in [-0.25, -0.2) is 5.10 Å². The maximum atomic E-state index is 12.0. The molecule has 9 heteroatoms. The fourth-order valence-corrected chi connectivity index (χ4v) is 3.86. The van der Waals surface area contributed by atoms with Gasteiger partial charge in [0.2, 0.25) is 0 Å². The zero-order chi connectivity index (χ0) is 20.5. The average molecular weight is 430 g/mol. The molecule has 0 saturated carbocycles. The molecule has 1 fully saturated rings. The van der Waals surface area contributed by atoms with E-state index in [1.54, 1.807) is 0 Å². The number of amides is 1. The normalized spacial score (nSPS) is 15.8. The van der Waals surface area contributed by atoms with Gasteiger partial charge in [0, 0.05) is 0 Å². The van der Waals surface area contributed by atoms with Crippen LogP contribution in [0.15, 0.2) is 40.8 Å². The second-order valence-corrected chi connectivity index (χ2v) is 8.31. The molecular formula is C20H23N5O2S2. The maximum absolute atomic E-state index is 12.0. The number of thioether (sulfide) groups is 1. The number of unbranched alkanes of at least 4 members (excludes halogenated alkanes) is 3. The SMILES string of the molecule is CCCCCCC(=Cc1ccc(OCc2nnn[nH]2)cc1)C=C1SC(=S)NC1=O. The molecule has 1 amide bonds. The summed E-state index contributed by atoms with van der Waals surface area (Å²) in [4.78, 5) is 12.7. The van der Waals surface area contributed by atoms with E-state index in [-0.39, 0.29) is 12.5 Å². The summed E-state index contributed by atoms with van der Waals surface area (Å²) in [5.74, 6) is 1.18. The summed E-state index contributed by atoms with van der Waals surface area (Å²) in [6.45, 7) is 2.48. The van der Waals surface area contributed by atoms with Crippen LogP contribution in [0.2, 0.25) is 0 Å². The average Bonchev–Trinajstić information content (AvgIpc) is 3.34. The molecule has 2 N–H and O–H groups in total. The molecule has 2 aromatic rings. The maximum Gasteiger partial charge on any atom is 0.263 e. The fraction of sp³-hybridized carbons (Fsp3) is 0.350. The van der Waals surface area contributed by atoms with E-state index in [2.05, 4.69) is 38.9 Å². The number of carbonyl (C=O) groups is 1. The van der Waals surface area contributed by atoms with E-state index in [9.17, 15) is 4.79 Å². The Bertz CT molecular complexity index is 892. The third-order valence-corrected chi connectivity index (χ3v) is 5.44. The summed E-state index contributed by atoms with van der Waals surface area (Å²) in [5, 5.41) is 16.2. The highest BCUT2D eigenvalue weighted by atomic mass is 32.2. The molecule has 152 valence electrons. The van der Waals surface area contributed by atoms with Gasteiger partial charge in [0.25, 0.3) is 5.91 Å². The Labute approximate surface area is 179 Å². The summed E-state index contributed by atoms with van der Waals surface area (Å²) < 4.78 is 6.17. The lowest BCUT2D eigenvalue weighted by Crippen LogP contribution is -2.17. The third kappa shape index (κ3) is 6.79. The molecule has 1 aliphatic heterocycles.